The molecule has 0 atom stereocenters. The second kappa shape index (κ2) is 5.78. The summed E-state index contributed by atoms with van der Waals surface area (Å²) in [5.41, 5.74) is 2.67. The number of carbonyl (C=O) groups excluding carboxylic acids is 1. The molecule has 23 heavy (non-hydrogen) atoms. The van der Waals surface area contributed by atoms with E-state index in [-0.39, 0.29) is 5.91 Å². The van der Waals surface area contributed by atoms with E-state index in [1.165, 1.54) is 0 Å². The Morgan fingerprint density at radius 2 is 1.91 bits per heavy atom. The molecule has 0 aliphatic carbocycles. The molecule has 1 amide bonds. The van der Waals surface area contributed by atoms with Crippen molar-refractivity contribution in [3.05, 3.63) is 59.9 Å². The zero-order valence-electron chi connectivity index (χ0n) is 12.9. The quantitative estimate of drug-likeness (QED) is 0.639. The van der Waals surface area contributed by atoms with Crippen molar-refractivity contribution >= 4 is 34.3 Å². The zero-order chi connectivity index (χ0) is 15.8. The highest BCUT2D eigenvalue weighted by molar-refractivity contribution is 7.99. The number of furan rings is 1. The van der Waals surface area contributed by atoms with Crippen LogP contribution in [0, 0.1) is 6.92 Å². The lowest BCUT2D eigenvalue weighted by Crippen LogP contribution is -2.32. The van der Waals surface area contributed by atoms with Gasteiger partial charge >= 0.3 is 0 Å². The van der Waals surface area contributed by atoms with Gasteiger partial charge in [-0.15, -0.1) is 11.8 Å². The second-order valence-electron chi connectivity index (χ2n) is 5.68. The van der Waals surface area contributed by atoms with Crippen LogP contribution >= 0.6 is 11.8 Å². The molecule has 1 aliphatic rings. The van der Waals surface area contributed by atoms with E-state index >= 15 is 0 Å². The Bertz CT molecular complexity index is 884. The molecular weight excluding hydrogens is 306 g/mol. The normalized spacial score (nSPS) is 14.6. The first kappa shape index (κ1) is 14.4. The molecule has 116 valence electrons. The third-order valence-corrected chi connectivity index (χ3v) is 5.37. The van der Waals surface area contributed by atoms with Crippen molar-refractivity contribution in [2.45, 2.75) is 18.2 Å². The summed E-state index contributed by atoms with van der Waals surface area (Å²) in [6.07, 6.45) is 0.977. The fraction of sp³-hybridized carbons (Fsp3) is 0.211. The van der Waals surface area contributed by atoms with Crippen LogP contribution in [0.15, 0.2) is 57.8 Å². The summed E-state index contributed by atoms with van der Waals surface area (Å²) in [6, 6.07) is 15.9. The summed E-state index contributed by atoms with van der Waals surface area (Å²) in [7, 11) is 0. The van der Waals surface area contributed by atoms with Gasteiger partial charge in [0.25, 0.3) is 5.91 Å². The third-order valence-electron chi connectivity index (χ3n) is 4.22. The van der Waals surface area contributed by atoms with E-state index in [2.05, 4.69) is 6.07 Å². The van der Waals surface area contributed by atoms with E-state index in [9.17, 15) is 4.79 Å². The molecule has 2 heterocycles. The van der Waals surface area contributed by atoms with E-state index in [0.29, 0.717) is 5.76 Å². The molecule has 4 heteroatoms. The molecule has 3 aromatic rings. The fourth-order valence-electron chi connectivity index (χ4n) is 3.04. The van der Waals surface area contributed by atoms with Crippen molar-refractivity contribution in [2.75, 3.05) is 17.2 Å². The second-order valence-corrected chi connectivity index (χ2v) is 6.82. The zero-order valence-corrected chi connectivity index (χ0v) is 13.7. The minimum absolute atomic E-state index is 0.0475. The first-order valence-electron chi connectivity index (χ1n) is 7.77. The molecule has 0 saturated heterocycles. The average molecular weight is 323 g/mol. The number of benzene rings is 2. The van der Waals surface area contributed by atoms with Crippen LogP contribution in [0.2, 0.25) is 0 Å². The first-order valence-corrected chi connectivity index (χ1v) is 8.76. The Labute approximate surface area is 139 Å². The van der Waals surface area contributed by atoms with Crippen molar-refractivity contribution in [1.82, 2.24) is 0 Å². The predicted octanol–water partition coefficient (Wildman–Crippen LogP) is 4.88. The number of amides is 1. The molecule has 1 aromatic heterocycles. The molecule has 0 N–H and O–H groups in total. The van der Waals surface area contributed by atoms with Crippen LogP contribution in [-0.2, 0) is 0 Å². The highest BCUT2D eigenvalue weighted by Gasteiger charge is 2.27. The van der Waals surface area contributed by atoms with Gasteiger partial charge in [0.05, 0.1) is 5.69 Å². The average Bonchev–Trinajstić information content (AvgIpc) is 2.79. The fourth-order valence-corrected chi connectivity index (χ4v) is 4.03. The minimum Gasteiger partial charge on any atom is -0.451 e. The van der Waals surface area contributed by atoms with Crippen molar-refractivity contribution in [3.63, 3.8) is 0 Å². The molecule has 1 aliphatic heterocycles. The standard InChI is InChI=1S/C19H17NO2S/c1-13-14-7-2-4-9-16(14)22-18(13)19(21)20-11-6-12-23-17-10-5-3-8-15(17)20/h2-5,7-10H,6,11-12H2,1H3. The van der Waals surface area contributed by atoms with Crippen LogP contribution in [0.5, 0.6) is 0 Å². The minimum atomic E-state index is -0.0475. The monoisotopic (exact) mass is 323 g/mol. The maximum atomic E-state index is 13.1. The summed E-state index contributed by atoms with van der Waals surface area (Å²) in [6.45, 7) is 2.68. The predicted molar refractivity (Wildman–Crippen MR) is 94.4 cm³/mol. The van der Waals surface area contributed by atoms with Crippen LogP contribution in [0.25, 0.3) is 11.0 Å². The number of nitrogens with zero attached hydrogens (tertiary/aromatic N) is 1. The maximum absolute atomic E-state index is 13.1. The van der Waals surface area contributed by atoms with Gasteiger partial charge in [-0.25, -0.2) is 0 Å². The van der Waals surface area contributed by atoms with Gasteiger partial charge in [-0.2, -0.15) is 0 Å². The summed E-state index contributed by atoms with van der Waals surface area (Å²) < 4.78 is 5.87. The molecule has 0 saturated carbocycles. The van der Waals surface area contributed by atoms with Gasteiger partial charge in [0, 0.05) is 22.4 Å². The molecular formula is C19H17NO2S. The van der Waals surface area contributed by atoms with Crippen LogP contribution in [0.1, 0.15) is 22.5 Å². The Balaban J connectivity index is 1.80. The van der Waals surface area contributed by atoms with E-state index in [0.717, 1.165) is 45.8 Å². The summed E-state index contributed by atoms with van der Waals surface area (Å²) in [5, 5.41) is 1.01. The number of para-hydroxylation sites is 2. The van der Waals surface area contributed by atoms with Crippen molar-refractivity contribution < 1.29 is 9.21 Å². The van der Waals surface area contributed by atoms with Gasteiger partial charge in [0.2, 0.25) is 0 Å². The van der Waals surface area contributed by atoms with Crippen LogP contribution in [0.4, 0.5) is 5.69 Å². The van der Waals surface area contributed by atoms with Gasteiger partial charge in [-0.1, -0.05) is 30.3 Å². The highest BCUT2D eigenvalue weighted by Crippen LogP contribution is 2.35. The van der Waals surface area contributed by atoms with Gasteiger partial charge in [0.1, 0.15) is 5.58 Å². The number of aryl methyl sites for hydroxylation is 1. The molecule has 0 spiro atoms. The number of rotatable bonds is 1. The lowest BCUT2D eigenvalue weighted by molar-refractivity contribution is 0.0961. The van der Waals surface area contributed by atoms with Crippen molar-refractivity contribution in [3.8, 4) is 0 Å². The van der Waals surface area contributed by atoms with Crippen LogP contribution in [-0.4, -0.2) is 18.2 Å². The largest absolute Gasteiger partial charge is 0.451 e. The summed E-state index contributed by atoms with van der Waals surface area (Å²) in [5.74, 6) is 1.43. The molecule has 0 fully saturated rings. The molecule has 2 aromatic carbocycles. The number of thioether (sulfide) groups is 1. The number of fused-ring (bicyclic) bond motifs is 2. The molecule has 3 nitrogen and oxygen atoms in total. The van der Waals surface area contributed by atoms with E-state index < -0.39 is 0 Å². The van der Waals surface area contributed by atoms with E-state index in [1.807, 2.05) is 66.1 Å². The van der Waals surface area contributed by atoms with Gasteiger partial charge in [-0.05, 0) is 37.3 Å². The Hall–Kier alpha value is -2.20. The van der Waals surface area contributed by atoms with E-state index in [1.54, 1.807) is 0 Å². The number of hydrogen-bond donors (Lipinski definition) is 0. The summed E-state index contributed by atoms with van der Waals surface area (Å²) in [4.78, 5) is 16.1. The van der Waals surface area contributed by atoms with Gasteiger partial charge in [0.15, 0.2) is 5.76 Å². The topological polar surface area (TPSA) is 33.5 Å². The van der Waals surface area contributed by atoms with Gasteiger partial charge < -0.3 is 9.32 Å². The SMILES string of the molecule is Cc1c(C(=O)N2CCCSc3ccccc32)oc2ccccc12. The van der Waals surface area contributed by atoms with Crippen LogP contribution < -0.4 is 4.90 Å². The van der Waals surface area contributed by atoms with Crippen LogP contribution in [0.3, 0.4) is 0 Å². The molecule has 0 bridgehead atoms. The molecule has 4 rings (SSSR count). The Morgan fingerprint density at radius 3 is 2.78 bits per heavy atom. The van der Waals surface area contributed by atoms with E-state index in [4.69, 9.17) is 4.42 Å². The number of hydrogen-bond acceptors (Lipinski definition) is 3. The summed E-state index contributed by atoms with van der Waals surface area (Å²) >= 11 is 1.81. The number of carbonyl (C=O) groups is 1. The van der Waals surface area contributed by atoms with Crippen molar-refractivity contribution in [2.24, 2.45) is 0 Å². The lowest BCUT2D eigenvalue weighted by atomic mass is 10.1. The van der Waals surface area contributed by atoms with Crippen molar-refractivity contribution in [1.29, 1.82) is 0 Å². The highest BCUT2D eigenvalue weighted by atomic mass is 32.2. The lowest BCUT2D eigenvalue weighted by Gasteiger charge is -2.21. The third kappa shape index (κ3) is 2.43. The Morgan fingerprint density at radius 1 is 1.13 bits per heavy atom. The number of anilines is 1. The van der Waals surface area contributed by atoms with Gasteiger partial charge in [-0.3, -0.25) is 4.79 Å². The maximum Gasteiger partial charge on any atom is 0.294 e. The Kier molecular flexibility index (Phi) is 3.62. The first-order chi connectivity index (χ1) is 11.3. The molecule has 0 unspecified atom stereocenters. The molecule has 0 radical (unpaired) electrons. The smallest absolute Gasteiger partial charge is 0.294 e.